The van der Waals surface area contributed by atoms with E-state index in [1.54, 1.807) is 18.3 Å². The summed E-state index contributed by atoms with van der Waals surface area (Å²) in [5, 5.41) is 22.1. The molecule has 0 atom stereocenters. The van der Waals surface area contributed by atoms with E-state index in [1.807, 2.05) is 30.3 Å². The first kappa shape index (κ1) is 12.8. The number of halogens is 1. The lowest BCUT2D eigenvalue weighted by atomic mass is 10.1. The fourth-order valence-electron chi connectivity index (χ4n) is 1.96. The third-order valence-corrected chi connectivity index (χ3v) is 3.29. The standard InChI is InChI=1S/C14H11ClN4O/c15-14-11(9-20)13(10-5-2-1-3-6-10)18-19(14)12-7-4-8-16-17-12/h1-8,20H,9H2. The predicted octanol–water partition coefficient (Wildman–Crippen LogP) is 2.48. The maximum Gasteiger partial charge on any atom is 0.177 e. The van der Waals surface area contributed by atoms with Gasteiger partial charge in [0, 0.05) is 17.3 Å². The molecular formula is C14H11ClN4O. The van der Waals surface area contributed by atoms with Crippen LogP contribution in [0.4, 0.5) is 0 Å². The van der Waals surface area contributed by atoms with Gasteiger partial charge in [0.25, 0.3) is 0 Å². The van der Waals surface area contributed by atoms with Gasteiger partial charge in [0.15, 0.2) is 5.82 Å². The molecule has 3 aromatic rings. The second-order valence-electron chi connectivity index (χ2n) is 4.14. The highest BCUT2D eigenvalue weighted by Gasteiger charge is 2.18. The molecule has 0 bridgehead atoms. The zero-order valence-electron chi connectivity index (χ0n) is 10.4. The third kappa shape index (κ3) is 2.17. The Morgan fingerprint density at radius 3 is 2.55 bits per heavy atom. The van der Waals surface area contributed by atoms with Crippen LogP contribution in [-0.2, 0) is 6.61 Å². The Hall–Kier alpha value is -2.24. The lowest BCUT2D eigenvalue weighted by Crippen LogP contribution is -2.00. The van der Waals surface area contributed by atoms with Crippen LogP contribution in [0.2, 0.25) is 5.15 Å². The number of aliphatic hydroxyl groups excluding tert-OH is 1. The van der Waals surface area contributed by atoms with Gasteiger partial charge in [-0.05, 0) is 12.1 Å². The number of rotatable bonds is 3. The molecular weight excluding hydrogens is 276 g/mol. The average molecular weight is 287 g/mol. The molecule has 0 aliphatic heterocycles. The van der Waals surface area contributed by atoms with Crippen molar-refractivity contribution in [3.05, 3.63) is 59.4 Å². The fraction of sp³-hybridized carbons (Fsp3) is 0.0714. The number of nitrogens with zero attached hydrogens (tertiary/aromatic N) is 4. The van der Waals surface area contributed by atoms with Gasteiger partial charge in [0.2, 0.25) is 0 Å². The molecule has 0 saturated heterocycles. The van der Waals surface area contributed by atoms with Gasteiger partial charge in [0.1, 0.15) is 5.15 Å². The number of hydrogen-bond donors (Lipinski definition) is 1. The quantitative estimate of drug-likeness (QED) is 0.803. The maximum absolute atomic E-state index is 9.55. The van der Waals surface area contributed by atoms with E-state index in [0.29, 0.717) is 22.2 Å². The summed E-state index contributed by atoms with van der Waals surface area (Å²) in [4.78, 5) is 0. The molecule has 20 heavy (non-hydrogen) atoms. The summed E-state index contributed by atoms with van der Waals surface area (Å²) < 4.78 is 1.47. The van der Waals surface area contributed by atoms with Gasteiger partial charge in [-0.15, -0.1) is 5.10 Å². The van der Waals surface area contributed by atoms with Crippen LogP contribution in [0.3, 0.4) is 0 Å². The molecule has 0 aliphatic carbocycles. The summed E-state index contributed by atoms with van der Waals surface area (Å²) in [7, 11) is 0. The van der Waals surface area contributed by atoms with Gasteiger partial charge >= 0.3 is 0 Å². The van der Waals surface area contributed by atoms with Gasteiger partial charge in [0.05, 0.1) is 12.3 Å². The molecule has 100 valence electrons. The van der Waals surface area contributed by atoms with Crippen molar-refractivity contribution in [1.29, 1.82) is 0 Å². The van der Waals surface area contributed by atoms with E-state index in [9.17, 15) is 5.11 Å². The molecule has 0 saturated carbocycles. The lowest BCUT2D eigenvalue weighted by molar-refractivity contribution is 0.282. The minimum atomic E-state index is -0.191. The Morgan fingerprint density at radius 2 is 1.90 bits per heavy atom. The second-order valence-corrected chi connectivity index (χ2v) is 4.49. The molecule has 2 aromatic heterocycles. The lowest BCUT2D eigenvalue weighted by Gasteiger charge is -1.99. The molecule has 0 amide bonds. The Labute approximate surface area is 120 Å². The van der Waals surface area contributed by atoms with Crippen LogP contribution in [0, 0.1) is 0 Å². The largest absolute Gasteiger partial charge is 0.391 e. The summed E-state index contributed by atoms with van der Waals surface area (Å²) in [6, 6.07) is 13.1. The van der Waals surface area contributed by atoms with Crippen LogP contribution < -0.4 is 0 Å². The third-order valence-electron chi connectivity index (χ3n) is 2.90. The van der Waals surface area contributed by atoms with Crippen molar-refractivity contribution < 1.29 is 5.11 Å². The first-order valence-corrected chi connectivity index (χ1v) is 6.41. The zero-order chi connectivity index (χ0) is 13.9. The highest BCUT2D eigenvalue weighted by Crippen LogP contribution is 2.30. The number of benzene rings is 1. The van der Waals surface area contributed by atoms with Crippen LogP contribution >= 0.6 is 11.6 Å². The van der Waals surface area contributed by atoms with E-state index in [-0.39, 0.29) is 6.61 Å². The van der Waals surface area contributed by atoms with Crippen LogP contribution in [0.1, 0.15) is 5.56 Å². The molecule has 6 heteroatoms. The molecule has 5 nitrogen and oxygen atoms in total. The van der Waals surface area contributed by atoms with Gasteiger partial charge < -0.3 is 5.11 Å². The topological polar surface area (TPSA) is 63.8 Å². The zero-order valence-corrected chi connectivity index (χ0v) is 11.2. The first-order chi connectivity index (χ1) is 9.81. The Bertz CT molecular complexity index is 713. The maximum atomic E-state index is 9.55. The van der Waals surface area contributed by atoms with Crippen molar-refractivity contribution in [3.63, 3.8) is 0 Å². The molecule has 2 heterocycles. The van der Waals surface area contributed by atoms with E-state index < -0.39 is 0 Å². The van der Waals surface area contributed by atoms with Crippen molar-refractivity contribution in [2.45, 2.75) is 6.61 Å². The molecule has 3 rings (SSSR count). The van der Waals surface area contributed by atoms with Gasteiger partial charge in [-0.1, -0.05) is 41.9 Å². The van der Waals surface area contributed by atoms with Crippen LogP contribution in [0.25, 0.3) is 17.1 Å². The number of aromatic nitrogens is 4. The first-order valence-electron chi connectivity index (χ1n) is 6.03. The van der Waals surface area contributed by atoms with Crippen LogP contribution in [0.5, 0.6) is 0 Å². The normalized spacial score (nSPS) is 10.7. The smallest absolute Gasteiger partial charge is 0.177 e. The fourth-order valence-corrected chi connectivity index (χ4v) is 2.23. The minimum absolute atomic E-state index is 0.191. The van der Waals surface area contributed by atoms with E-state index in [0.717, 1.165) is 5.56 Å². The van der Waals surface area contributed by atoms with E-state index in [2.05, 4.69) is 15.3 Å². The SMILES string of the molecule is OCc1c(-c2ccccc2)nn(-c2cccnn2)c1Cl. The number of aliphatic hydroxyl groups is 1. The average Bonchev–Trinajstić information content (AvgIpc) is 2.86. The highest BCUT2D eigenvalue weighted by molar-refractivity contribution is 6.31. The van der Waals surface area contributed by atoms with E-state index in [1.165, 1.54) is 4.68 Å². The van der Waals surface area contributed by atoms with Gasteiger partial charge in [-0.25, -0.2) is 4.68 Å². The van der Waals surface area contributed by atoms with Crippen molar-refractivity contribution in [2.75, 3.05) is 0 Å². The van der Waals surface area contributed by atoms with E-state index >= 15 is 0 Å². The van der Waals surface area contributed by atoms with Crippen molar-refractivity contribution in [3.8, 4) is 17.1 Å². The molecule has 0 unspecified atom stereocenters. The molecule has 0 radical (unpaired) electrons. The molecule has 0 aliphatic rings. The minimum Gasteiger partial charge on any atom is -0.391 e. The number of hydrogen-bond acceptors (Lipinski definition) is 4. The summed E-state index contributed by atoms with van der Waals surface area (Å²) in [5.41, 5.74) is 2.10. The summed E-state index contributed by atoms with van der Waals surface area (Å²) in [6.07, 6.45) is 1.58. The molecule has 1 N–H and O–H groups in total. The van der Waals surface area contributed by atoms with Crippen LogP contribution in [-0.4, -0.2) is 25.1 Å². The van der Waals surface area contributed by atoms with Gasteiger partial charge in [-0.2, -0.15) is 10.2 Å². The second kappa shape index (κ2) is 5.40. The Balaban J connectivity index is 2.18. The Kier molecular flexibility index (Phi) is 3.45. The van der Waals surface area contributed by atoms with Crippen molar-refractivity contribution in [1.82, 2.24) is 20.0 Å². The van der Waals surface area contributed by atoms with Gasteiger partial charge in [-0.3, -0.25) is 0 Å². The monoisotopic (exact) mass is 286 g/mol. The van der Waals surface area contributed by atoms with Crippen LogP contribution in [0.15, 0.2) is 48.7 Å². The van der Waals surface area contributed by atoms with Crippen molar-refractivity contribution in [2.24, 2.45) is 0 Å². The summed E-state index contributed by atoms with van der Waals surface area (Å²) >= 11 is 6.29. The Morgan fingerprint density at radius 1 is 1.10 bits per heavy atom. The molecule has 0 fully saturated rings. The predicted molar refractivity (Wildman–Crippen MR) is 75.5 cm³/mol. The summed E-state index contributed by atoms with van der Waals surface area (Å²) in [6.45, 7) is -0.191. The van der Waals surface area contributed by atoms with E-state index in [4.69, 9.17) is 11.6 Å². The molecule has 1 aromatic carbocycles. The highest BCUT2D eigenvalue weighted by atomic mass is 35.5. The molecule has 0 spiro atoms. The summed E-state index contributed by atoms with van der Waals surface area (Å²) in [5.74, 6) is 0.509. The van der Waals surface area contributed by atoms with Crippen molar-refractivity contribution >= 4 is 11.6 Å².